The Morgan fingerprint density at radius 2 is 1.85 bits per heavy atom. The predicted molar refractivity (Wildman–Crippen MR) is 105 cm³/mol. The first-order valence-electron chi connectivity index (χ1n) is 9.49. The van der Waals surface area contributed by atoms with Crippen LogP contribution in [-0.2, 0) is 6.54 Å². The third-order valence-electron chi connectivity index (χ3n) is 5.73. The minimum absolute atomic E-state index is 0.511. The molecule has 0 amide bonds. The second-order valence-corrected chi connectivity index (χ2v) is 7.30. The number of aryl methyl sites for hydroxylation is 1. The predicted octanol–water partition coefficient (Wildman–Crippen LogP) is 4.20. The zero-order chi connectivity index (χ0) is 18.4. The molecule has 3 aromatic rings. The molecule has 2 aromatic carbocycles. The maximum atomic E-state index is 5.48. The van der Waals surface area contributed by atoms with Gasteiger partial charge in [0.05, 0.1) is 18.5 Å². The summed E-state index contributed by atoms with van der Waals surface area (Å²) in [5.74, 6) is 3.29. The van der Waals surface area contributed by atoms with Gasteiger partial charge >= 0.3 is 0 Å². The molecule has 1 aromatic heterocycles. The zero-order valence-electron chi connectivity index (χ0n) is 15.6. The number of fused-ring (bicyclic) bond motifs is 3. The van der Waals surface area contributed by atoms with E-state index in [2.05, 4.69) is 51.2 Å². The number of aliphatic imine (C=N–C) groups is 1. The van der Waals surface area contributed by atoms with Gasteiger partial charge in [0.2, 0.25) is 0 Å². The van der Waals surface area contributed by atoms with Crippen LogP contribution in [0.15, 0.2) is 47.5 Å². The Morgan fingerprint density at radius 3 is 2.56 bits per heavy atom. The van der Waals surface area contributed by atoms with Crippen LogP contribution in [0, 0.1) is 6.92 Å². The van der Waals surface area contributed by atoms with Gasteiger partial charge in [-0.25, -0.2) is 0 Å². The van der Waals surface area contributed by atoms with Crippen molar-refractivity contribution in [3.8, 4) is 11.4 Å². The van der Waals surface area contributed by atoms with Crippen molar-refractivity contribution < 1.29 is 4.74 Å². The number of rotatable bonds is 3. The van der Waals surface area contributed by atoms with E-state index in [0.29, 0.717) is 6.54 Å². The number of ether oxygens (including phenoxy) is 1. The van der Waals surface area contributed by atoms with Crippen LogP contribution in [-0.4, -0.2) is 27.6 Å². The van der Waals surface area contributed by atoms with Crippen molar-refractivity contribution in [3.05, 3.63) is 70.8 Å². The van der Waals surface area contributed by atoms with Gasteiger partial charge in [-0.3, -0.25) is 9.56 Å². The molecule has 0 bridgehead atoms. The first-order valence-corrected chi connectivity index (χ1v) is 9.49. The van der Waals surface area contributed by atoms with E-state index < -0.39 is 0 Å². The summed E-state index contributed by atoms with van der Waals surface area (Å²) >= 11 is 0. The van der Waals surface area contributed by atoms with Crippen molar-refractivity contribution in [2.24, 2.45) is 4.99 Å². The van der Waals surface area contributed by atoms with Gasteiger partial charge in [0.15, 0.2) is 5.82 Å². The smallest absolute Gasteiger partial charge is 0.159 e. The topological polar surface area (TPSA) is 52.3 Å². The summed E-state index contributed by atoms with van der Waals surface area (Å²) < 4.78 is 7.57. The molecule has 1 aliphatic carbocycles. The van der Waals surface area contributed by atoms with Crippen molar-refractivity contribution in [3.63, 3.8) is 0 Å². The van der Waals surface area contributed by atoms with E-state index in [1.54, 1.807) is 7.11 Å². The number of hydrogen-bond acceptors (Lipinski definition) is 4. The lowest BCUT2D eigenvalue weighted by Gasteiger charge is -2.26. The summed E-state index contributed by atoms with van der Waals surface area (Å²) in [6.45, 7) is 2.49. The second-order valence-electron chi connectivity index (χ2n) is 7.30. The van der Waals surface area contributed by atoms with Gasteiger partial charge in [0.1, 0.15) is 18.1 Å². The van der Waals surface area contributed by atoms with E-state index in [4.69, 9.17) is 9.73 Å². The molecule has 27 heavy (non-hydrogen) atoms. The molecule has 5 heteroatoms. The summed E-state index contributed by atoms with van der Waals surface area (Å²) in [5.41, 5.74) is 5.65. The van der Waals surface area contributed by atoms with Crippen LogP contribution in [0.1, 0.15) is 53.5 Å². The van der Waals surface area contributed by atoms with Crippen LogP contribution in [0.3, 0.4) is 0 Å². The highest BCUT2D eigenvalue weighted by Crippen LogP contribution is 2.36. The summed E-state index contributed by atoms with van der Waals surface area (Å²) in [7, 11) is 1.69. The maximum Gasteiger partial charge on any atom is 0.159 e. The van der Waals surface area contributed by atoms with E-state index in [-0.39, 0.29) is 0 Å². The molecular weight excluding hydrogens is 336 g/mol. The highest BCUT2D eigenvalue weighted by atomic mass is 16.5. The van der Waals surface area contributed by atoms with Crippen molar-refractivity contribution in [1.29, 1.82) is 0 Å². The van der Waals surface area contributed by atoms with E-state index in [0.717, 1.165) is 45.8 Å². The van der Waals surface area contributed by atoms with Crippen LogP contribution in [0.25, 0.3) is 5.69 Å². The fourth-order valence-corrected chi connectivity index (χ4v) is 3.99. The molecule has 2 heterocycles. The Kier molecular flexibility index (Phi) is 3.81. The monoisotopic (exact) mass is 358 g/mol. The normalized spacial score (nSPS) is 16.0. The fraction of sp³-hybridized carbons (Fsp3) is 0.318. The zero-order valence-corrected chi connectivity index (χ0v) is 15.6. The lowest BCUT2D eigenvalue weighted by molar-refractivity contribution is 0.414. The lowest BCUT2D eigenvalue weighted by atomic mass is 9.80. The third kappa shape index (κ3) is 2.65. The SMILES string of the molecule is COc1ccc2c(c1)C(c1ccc(C3CCC3)cc1)=NCc1nnc(C)n1-2. The summed E-state index contributed by atoms with van der Waals surface area (Å²) in [5, 5.41) is 8.55. The number of benzene rings is 2. The molecule has 0 saturated heterocycles. The van der Waals surface area contributed by atoms with Gasteiger partial charge in [-0.1, -0.05) is 30.7 Å². The molecule has 1 aliphatic heterocycles. The van der Waals surface area contributed by atoms with Crippen molar-refractivity contribution in [2.45, 2.75) is 38.6 Å². The number of hydrogen-bond donors (Lipinski definition) is 0. The minimum Gasteiger partial charge on any atom is -0.497 e. The average molecular weight is 358 g/mol. The molecule has 0 spiro atoms. The number of nitrogens with zero attached hydrogens (tertiary/aromatic N) is 4. The molecule has 0 unspecified atom stereocenters. The Labute approximate surface area is 158 Å². The molecule has 0 N–H and O–H groups in total. The fourth-order valence-electron chi connectivity index (χ4n) is 3.99. The minimum atomic E-state index is 0.511. The Morgan fingerprint density at radius 1 is 1.04 bits per heavy atom. The highest BCUT2D eigenvalue weighted by Gasteiger charge is 2.23. The second kappa shape index (κ2) is 6.34. The van der Waals surface area contributed by atoms with Crippen LogP contribution < -0.4 is 4.74 Å². The molecule has 5 nitrogen and oxygen atoms in total. The molecule has 0 radical (unpaired) electrons. The standard InChI is InChI=1S/C22H22N4O/c1-14-24-25-21-13-23-22(17-8-6-16(7-9-17)15-4-3-5-15)19-12-18(27-2)10-11-20(19)26(14)21/h6-12,15H,3-5,13H2,1-2H3. The largest absolute Gasteiger partial charge is 0.497 e. The van der Waals surface area contributed by atoms with E-state index >= 15 is 0 Å². The van der Waals surface area contributed by atoms with Crippen molar-refractivity contribution in [2.75, 3.05) is 7.11 Å². The first kappa shape index (κ1) is 16.2. The molecule has 2 aliphatic rings. The average Bonchev–Trinajstić information content (AvgIpc) is 2.93. The summed E-state index contributed by atoms with van der Waals surface area (Å²) in [4.78, 5) is 4.91. The van der Waals surface area contributed by atoms with Crippen molar-refractivity contribution >= 4 is 5.71 Å². The van der Waals surface area contributed by atoms with Gasteiger partial charge in [-0.15, -0.1) is 10.2 Å². The summed E-state index contributed by atoms with van der Waals surface area (Å²) in [6, 6.07) is 15.0. The van der Waals surface area contributed by atoms with Gasteiger partial charge in [-0.2, -0.15) is 0 Å². The van der Waals surface area contributed by atoms with Gasteiger partial charge < -0.3 is 4.74 Å². The van der Waals surface area contributed by atoms with Gasteiger partial charge in [0, 0.05) is 11.1 Å². The number of aromatic nitrogens is 3. The molecule has 5 rings (SSSR count). The van der Waals surface area contributed by atoms with E-state index in [9.17, 15) is 0 Å². The van der Waals surface area contributed by atoms with Crippen molar-refractivity contribution in [1.82, 2.24) is 14.8 Å². The summed E-state index contributed by atoms with van der Waals surface area (Å²) in [6.07, 6.45) is 3.98. The number of methoxy groups -OCH3 is 1. The van der Waals surface area contributed by atoms with E-state index in [1.807, 2.05) is 13.0 Å². The Bertz CT molecular complexity index is 1030. The van der Waals surface area contributed by atoms with Gasteiger partial charge in [0.25, 0.3) is 0 Å². The third-order valence-corrected chi connectivity index (χ3v) is 5.73. The van der Waals surface area contributed by atoms with Crippen LogP contribution in [0.4, 0.5) is 0 Å². The Hall–Kier alpha value is -2.95. The van der Waals surface area contributed by atoms with Gasteiger partial charge in [-0.05, 0) is 49.4 Å². The van der Waals surface area contributed by atoms with E-state index in [1.165, 1.54) is 24.8 Å². The molecule has 1 saturated carbocycles. The van der Waals surface area contributed by atoms with Crippen LogP contribution >= 0.6 is 0 Å². The van der Waals surface area contributed by atoms with Crippen LogP contribution in [0.2, 0.25) is 0 Å². The molecular formula is C22H22N4O. The highest BCUT2D eigenvalue weighted by molar-refractivity contribution is 6.15. The maximum absolute atomic E-state index is 5.48. The lowest BCUT2D eigenvalue weighted by Crippen LogP contribution is -2.10. The quantitative estimate of drug-likeness (QED) is 0.705. The first-order chi connectivity index (χ1) is 13.2. The molecule has 0 atom stereocenters. The van der Waals surface area contributed by atoms with Crippen LogP contribution in [0.5, 0.6) is 5.75 Å². The molecule has 136 valence electrons. The molecule has 1 fully saturated rings. The Balaban J connectivity index is 1.63.